The number of hydrogen-bond donors (Lipinski definition) is 1. The number of hydrogen-bond acceptors (Lipinski definition) is 2. The van der Waals surface area contributed by atoms with E-state index >= 15 is 0 Å². The highest BCUT2D eigenvalue weighted by atomic mass is 35.5. The Bertz CT molecular complexity index is 407. The van der Waals surface area contributed by atoms with Crippen molar-refractivity contribution in [2.45, 2.75) is 25.6 Å². The molecule has 0 spiro atoms. The molecule has 0 fully saturated rings. The highest BCUT2D eigenvalue weighted by Gasteiger charge is 2.27. The Balaban J connectivity index is 2.77. The summed E-state index contributed by atoms with van der Waals surface area (Å²) in [5.74, 6) is 0. The van der Waals surface area contributed by atoms with E-state index in [0.717, 1.165) is 0 Å². The van der Waals surface area contributed by atoms with Gasteiger partial charge in [0.05, 0.1) is 23.2 Å². The molecule has 0 saturated heterocycles. The maximum absolute atomic E-state index is 12.1. The predicted octanol–water partition coefficient (Wildman–Crippen LogP) is 3.78. The highest BCUT2D eigenvalue weighted by molar-refractivity contribution is 6.33. The van der Waals surface area contributed by atoms with Gasteiger partial charge in [-0.15, -0.1) is 0 Å². The molecule has 0 heterocycles. The second-order valence-electron chi connectivity index (χ2n) is 4.17. The molecule has 0 aliphatic carbocycles. The van der Waals surface area contributed by atoms with Crippen LogP contribution >= 0.6 is 11.6 Å². The van der Waals surface area contributed by atoms with Gasteiger partial charge in [-0.2, -0.15) is 13.2 Å². The van der Waals surface area contributed by atoms with Crippen molar-refractivity contribution in [3.8, 4) is 0 Å². The van der Waals surface area contributed by atoms with Crippen molar-refractivity contribution in [3.63, 3.8) is 0 Å². The van der Waals surface area contributed by atoms with Crippen LogP contribution in [0.5, 0.6) is 0 Å². The molecule has 0 radical (unpaired) electrons. The first-order valence-electron chi connectivity index (χ1n) is 5.46. The smallest absolute Gasteiger partial charge is 0.389 e. The van der Waals surface area contributed by atoms with Gasteiger partial charge in [-0.3, -0.25) is 0 Å². The van der Waals surface area contributed by atoms with Crippen molar-refractivity contribution >= 4 is 17.3 Å². The van der Waals surface area contributed by atoms with Gasteiger partial charge in [0.25, 0.3) is 0 Å². The monoisotopic (exact) mass is 281 g/mol. The second-order valence-corrected chi connectivity index (χ2v) is 4.58. The number of benzene rings is 1. The Morgan fingerprint density at radius 2 is 2.00 bits per heavy atom. The average Bonchev–Trinajstić information content (AvgIpc) is 2.24. The maximum atomic E-state index is 12.1. The van der Waals surface area contributed by atoms with E-state index in [0.29, 0.717) is 16.3 Å². The minimum Gasteiger partial charge on any atom is -0.389 e. The van der Waals surface area contributed by atoms with Crippen molar-refractivity contribution in [1.29, 1.82) is 0 Å². The molecule has 0 bridgehead atoms. The summed E-state index contributed by atoms with van der Waals surface area (Å²) in [6, 6.07) is 4.82. The van der Waals surface area contributed by atoms with Gasteiger partial charge in [0, 0.05) is 13.6 Å². The summed E-state index contributed by atoms with van der Waals surface area (Å²) in [4.78, 5) is 1.45. The molecule has 1 atom stereocenters. The number of anilines is 1. The summed E-state index contributed by atoms with van der Waals surface area (Å²) in [5.41, 5.74) is 1.15. The number of aliphatic hydroxyl groups is 1. The van der Waals surface area contributed by atoms with Gasteiger partial charge in [-0.1, -0.05) is 17.7 Å². The SMILES string of the molecule is C[C@@H](O)c1ccc(N(C)CCC(F)(F)F)c(Cl)c1. The second kappa shape index (κ2) is 5.80. The Morgan fingerprint density at radius 3 is 2.44 bits per heavy atom. The van der Waals surface area contributed by atoms with Gasteiger partial charge in [0.15, 0.2) is 0 Å². The maximum Gasteiger partial charge on any atom is 0.390 e. The van der Waals surface area contributed by atoms with E-state index in [-0.39, 0.29) is 6.54 Å². The fraction of sp³-hybridized carbons (Fsp3) is 0.500. The van der Waals surface area contributed by atoms with E-state index in [4.69, 9.17) is 11.6 Å². The third kappa shape index (κ3) is 4.38. The van der Waals surface area contributed by atoms with Crippen LogP contribution in [-0.2, 0) is 0 Å². The van der Waals surface area contributed by atoms with E-state index < -0.39 is 18.7 Å². The molecule has 1 rings (SSSR count). The molecule has 0 unspecified atom stereocenters. The minimum absolute atomic E-state index is 0.156. The summed E-state index contributed by atoms with van der Waals surface area (Å²) in [5, 5.41) is 9.70. The standard InChI is InChI=1S/C12H15ClF3NO/c1-8(18)9-3-4-11(10(13)7-9)17(2)6-5-12(14,15)16/h3-4,7-8,18H,5-6H2,1-2H3/t8-/m1/s1. The molecule has 1 N–H and O–H groups in total. The van der Waals surface area contributed by atoms with Gasteiger partial charge in [-0.25, -0.2) is 0 Å². The molecular weight excluding hydrogens is 267 g/mol. The van der Waals surface area contributed by atoms with Gasteiger partial charge < -0.3 is 10.0 Å². The zero-order chi connectivity index (χ0) is 13.9. The van der Waals surface area contributed by atoms with E-state index in [1.807, 2.05) is 0 Å². The van der Waals surface area contributed by atoms with Crippen molar-refractivity contribution in [1.82, 2.24) is 0 Å². The molecule has 0 saturated carbocycles. The van der Waals surface area contributed by atoms with Crippen molar-refractivity contribution in [2.75, 3.05) is 18.5 Å². The number of aliphatic hydroxyl groups excluding tert-OH is 1. The van der Waals surface area contributed by atoms with Gasteiger partial charge in [-0.05, 0) is 24.6 Å². The summed E-state index contributed by atoms with van der Waals surface area (Å²) >= 11 is 5.98. The Labute approximate surface area is 109 Å². The first kappa shape index (κ1) is 15.1. The Morgan fingerprint density at radius 1 is 1.39 bits per heavy atom. The molecule has 0 aliphatic rings. The van der Waals surface area contributed by atoms with Crippen LogP contribution in [-0.4, -0.2) is 24.9 Å². The molecule has 0 aliphatic heterocycles. The van der Waals surface area contributed by atoms with Crippen LogP contribution in [0, 0.1) is 0 Å². The van der Waals surface area contributed by atoms with Crippen LogP contribution in [0.4, 0.5) is 18.9 Å². The lowest BCUT2D eigenvalue weighted by Crippen LogP contribution is -2.24. The average molecular weight is 282 g/mol. The lowest BCUT2D eigenvalue weighted by Gasteiger charge is -2.22. The van der Waals surface area contributed by atoms with E-state index in [1.54, 1.807) is 32.2 Å². The van der Waals surface area contributed by atoms with E-state index in [2.05, 4.69) is 0 Å². The zero-order valence-electron chi connectivity index (χ0n) is 10.1. The van der Waals surface area contributed by atoms with E-state index in [1.165, 1.54) is 4.90 Å². The van der Waals surface area contributed by atoms with Crippen molar-refractivity contribution in [2.24, 2.45) is 0 Å². The number of rotatable bonds is 4. The Hall–Kier alpha value is -0.940. The van der Waals surface area contributed by atoms with Crippen molar-refractivity contribution < 1.29 is 18.3 Å². The van der Waals surface area contributed by atoms with Crippen LogP contribution in [0.2, 0.25) is 5.02 Å². The number of halogens is 4. The molecule has 6 heteroatoms. The number of alkyl halides is 3. The molecule has 1 aromatic rings. The summed E-state index contributed by atoms with van der Waals surface area (Å²) in [6.07, 6.45) is -5.73. The fourth-order valence-electron chi connectivity index (χ4n) is 1.51. The van der Waals surface area contributed by atoms with Gasteiger partial charge in [0.1, 0.15) is 0 Å². The van der Waals surface area contributed by atoms with Gasteiger partial charge in [0.2, 0.25) is 0 Å². The third-order valence-electron chi connectivity index (χ3n) is 2.60. The summed E-state index contributed by atoms with van der Waals surface area (Å²) in [7, 11) is 1.55. The topological polar surface area (TPSA) is 23.5 Å². The van der Waals surface area contributed by atoms with Crippen LogP contribution < -0.4 is 4.90 Å². The lowest BCUT2D eigenvalue weighted by atomic mass is 10.1. The zero-order valence-corrected chi connectivity index (χ0v) is 10.9. The molecule has 0 amide bonds. The third-order valence-corrected chi connectivity index (χ3v) is 2.90. The summed E-state index contributed by atoms with van der Waals surface area (Å²) in [6.45, 7) is 1.44. The van der Waals surface area contributed by atoms with E-state index in [9.17, 15) is 18.3 Å². The Kier molecular flexibility index (Phi) is 4.87. The summed E-state index contributed by atoms with van der Waals surface area (Å²) < 4.78 is 36.3. The largest absolute Gasteiger partial charge is 0.390 e. The first-order valence-corrected chi connectivity index (χ1v) is 5.84. The normalized spacial score (nSPS) is 13.5. The van der Waals surface area contributed by atoms with Crippen LogP contribution in [0.25, 0.3) is 0 Å². The first-order chi connectivity index (χ1) is 8.20. The molecule has 0 aromatic heterocycles. The highest BCUT2D eigenvalue weighted by Crippen LogP contribution is 2.29. The minimum atomic E-state index is -4.18. The molecule has 102 valence electrons. The molecule has 1 aromatic carbocycles. The van der Waals surface area contributed by atoms with Crippen molar-refractivity contribution in [3.05, 3.63) is 28.8 Å². The number of nitrogens with zero attached hydrogens (tertiary/aromatic N) is 1. The molecule has 18 heavy (non-hydrogen) atoms. The molecule has 2 nitrogen and oxygen atoms in total. The van der Waals surface area contributed by atoms with Crippen LogP contribution in [0.3, 0.4) is 0 Å². The fourth-order valence-corrected chi connectivity index (χ4v) is 1.84. The quantitative estimate of drug-likeness (QED) is 0.908. The van der Waals surface area contributed by atoms with Crippen LogP contribution in [0.15, 0.2) is 18.2 Å². The van der Waals surface area contributed by atoms with Crippen LogP contribution in [0.1, 0.15) is 25.0 Å². The molecular formula is C12H15ClF3NO. The lowest BCUT2D eigenvalue weighted by molar-refractivity contribution is -0.132. The van der Waals surface area contributed by atoms with Gasteiger partial charge >= 0.3 is 6.18 Å². The predicted molar refractivity (Wildman–Crippen MR) is 66.0 cm³/mol.